The predicted octanol–water partition coefficient (Wildman–Crippen LogP) is 3.30. The Morgan fingerprint density at radius 3 is 2.38 bits per heavy atom. The summed E-state index contributed by atoms with van der Waals surface area (Å²) in [7, 11) is 1.62. The molecular formula is C20H28N2O2. The number of nitrogens with two attached hydrogens (primary N) is 1. The first kappa shape index (κ1) is 15.8. The quantitative estimate of drug-likeness (QED) is 0.815. The summed E-state index contributed by atoms with van der Waals surface area (Å²) < 4.78 is 5.18. The first-order chi connectivity index (χ1) is 11.5. The molecule has 3 N–H and O–H groups in total. The smallest absolute Gasteiger partial charge is 0.220 e. The molecule has 0 atom stereocenters. The van der Waals surface area contributed by atoms with Gasteiger partial charge in [0, 0.05) is 12.0 Å². The number of nitrogen functional groups attached to an aromatic ring is 1. The Morgan fingerprint density at radius 2 is 1.83 bits per heavy atom. The largest absolute Gasteiger partial charge is 0.495 e. The van der Waals surface area contributed by atoms with Gasteiger partial charge < -0.3 is 15.8 Å². The maximum atomic E-state index is 12.5. The lowest BCUT2D eigenvalue weighted by molar-refractivity contribution is -0.126. The minimum Gasteiger partial charge on any atom is -0.495 e. The molecule has 1 aromatic carbocycles. The summed E-state index contributed by atoms with van der Waals surface area (Å²) in [5, 5.41) is 3.44. The number of carbonyl (C=O) groups is 1. The third-order valence-corrected chi connectivity index (χ3v) is 6.38. The van der Waals surface area contributed by atoms with Crippen LogP contribution < -0.4 is 15.8 Å². The van der Waals surface area contributed by atoms with E-state index in [1.807, 2.05) is 18.2 Å². The standard InChI is InChI=1S/C20H28N2O2/c1-24-18-4-2-13(9-17(18)21)3-5-19(23)22-20-10-14-6-15(11-20)8-16(7-14)12-20/h2,4,9,14-16H,3,5-8,10-12,21H2,1H3,(H,22,23). The molecular weight excluding hydrogens is 300 g/mol. The summed E-state index contributed by atoms with van der Waals surface area (Å²) in [5.41, 5.74) is 7.79. The molecule has 4 fully saturated rings. The van der Waals surface area contributed by atoms with Crippen molar-refractivity contribution in [3.8, 4) is 5.75 Å². The van der Waals surface area contributed by atoms with Crippen molar-refractivity contribution in [2.75, 3.05) is 12.8 Å². The molecule has 1 aromatic rings. The highest BCUT2D eigenvalue weighted by atomic mass is 16.5. The van der Waals surface area contributed by atoms with Gasteiger partial charge in [-0.3, -0.25) is 4.79 Å². The lowest BCUT2D eigenvalue weighted by atomic mass is 9.53. The number of ether oxygens (including phenoxy) is 1. The average molecular weight is 328 g/mol. The van der Waals surface area contributed by atoms with Gasteiger partial charge in [-0.15, -0.1) is 0 Å². The molecule has 0 aliphatic heterocycles. The molecule has 4 aliphatic rings. The van der Waals surface area contributed by atoms with Crippen LogP contribution >= 0.6 is 0 Å². The average Bonchev–Trinajstić information content (AvgIpc) is 2.51. The van der Waals surface area contributed by atoms with E-state index in [0.717, 1.165) is 29.7 Å². The molecule has 4 heteroatoms. The van der Waals surface area contributed by atoms with E-state index in [0.29, 0.717) is 17.9 Å². The van der Waals surface area contributed by atoms with Crippen molar-refractivity contribution in [3.63, 3.8) is 0 Å². The van der Waals surface area contributed by atoms with Gasteiger partial charge in [-0.2, -0.15) is 0 Å². The van der Waals surface area contributed by atoms with E-state index in [1.54, 1.807) is 7.11 Å². The number of hydrogen-bond donors (Lipinski definition) is 2. The lowest BCUT2D eigenvalue weighted by Crippen LogP contribution is -2.59. The van der Waals surface area contributed by atoms with Gasteiger partial charge in [0.05, 0.1) is 12.8 Å². The summed E-state index contributed by atoms with van der Waals surface area (Å²) >= 11 is 0. The second-order valence-electron chi connectivity index (χ2n) is 8.32. The Balaban J connectivity index is 1.35. The number of rotatable bonds is 5. The lowest BCUT2D eigenvalue weighted by Gasteiger charge is -2.56. The minimum atomic E-state index is 0.116. The van der Waals surface area contributed by atoms with E-state index < -0.39 is 0 Å². The van der Waals surface area contributed by atoms with Gasteiger partial charge >= 0.3 is 0 Å². The van der Waals surface area contributed by atoms with E-state index in [2.05, 4.69) is 5.32 Å². The molecule has 4 saturated carbocycles. The monoisotopic (exact) mass is 328 g/mol. The van der Waals surface area contributed by atoms with Crippen LogP contribution in [-0.4, -0.2) is 18.6 Å². The molecule has 0 spiro atoms. The number of carbonyl (C=O) groups excluding carboxylic acids is 1. The van der Waals surface area contributed by atoms with Crippen LogP contribution in [0.4, 0.5) is 5.69 Å². The number of nitrogens with one attached hydrogen (secondary N) is 1. The van der Waals surface area contributed by atoms with Gasteiger partial charge in [-0.1, -0.05) is 6.07 Å². The summed E-state index contributed by atoms with van der Waals surface area (Å²) in [5.74, 6) is 3.47. The zero-order chi connectivity index (χ0) is 16.7. The summed E-state index contributed by atoms with van der Waals surface area (Å²) in [4.78, 5) is 12.5. The second-order valence-corrected chi connectivity index (χ2v) is 8.32. The Bertz CT molecular complexity index is 605. The minimum absolute atomic E-state index is 0.116. The molecule has 0 heterocycles. The molecule has 24 heavy (non-hydrogen) atoms. The zero-order valence-electron chi connectivity index (χ0n) is 14.5. The fraction of sp³-hybridized carbons (Fsp3) is 0.650. The van der Waals surface area contributed by atoms with Crippen LogP contribution in [0.3, 0.4) is 0 Å². The zero-order valence-corrected chi connectivity index (χ0v) is 14.5. The Hall–Kier alpha value is -1.71. The highest BCUT2D eigenvalue weighted by Gasteiger charge is 2.51. The molecule has 1 amide bonds. The maximum absolute atomic E-state index is 12.5. The molecule has 0 aromatic heterocycles. The van der Waals surface area contributed by atoms with Crippen molar-refractivity contribution in [2.45, 2.75) is 56.9 Å². The molecule has 0 unspecified atom stereocenters. The Morgan fingerprint density at radius 1 is 1.21 bits per heavy atom. The van der Waals surface area contributed by atoms with Crippen LogP contribution in [-0.2, 0) is 11.2 Å². The topological polar surface area (TPSA) is 64.3 Å². The number of anilines is 1. The van der Waals surface area contributed by atoms with Crippen LogP contribution in [0.15, 0.2) is 18.2 Å². The predicted molar refractivity (Wildman–Crippen MR) is 94.8 cm³/mol. The fourth-order valence-electron chi connectivity index (χ4n) is 5.82. The van der Waals surface area contributed by atoms with E-state index in [-0.39, 0.29) is 11.4 Å². The summed E-state index contributed by atoms with van der Waals surface area (Å²) in [6.45, 7) is 0. The van der Waals surface area contributed by atoms with Gasteiger partial charge in [-0.25, -0.2) is 0 Å². The van der Waals surface area contributed by atoms with Crippen molar-refractivity contribution >= 4 is 11.6 Å². The molecule has 5 rings (SSSR count). The van der Waals surface area contributed by atoms with Crippen molar-refractivity contribution in [1.82, 2.24) is 5.32 Å². The van der Waals surface area contributed by atoms with Crippen molar-refractivity contribution in [3.05, 3.63) is 23.8 Å². The fourth-order valence-corrected chi connectivity index (χ4v) is 5.82. The number of hydrogen-bond acceptors (Lipinski definition) is 3. The molecule has 4 bridgehead atoms. The maximum Gasteiger partial charge on any atom is 0.220 e. The first-order valence-electron chi connectivity index (χ1n) is 9.29. The summed E-state index contributed by atoms with van der Waals surface area (Å²) in [6.07, 6.45) is 9.10. The molecule has 130 valence electrons. The van der Waals surface area contributed by atoms with Crippen molar-refractivity contribution < 1.29 is 9.53 Å². The van der Waals surface area contributed by atoms with E-state index >= 15 is 0 Å². The van der Waals surface area contributed by atoms with Crippen LogP contribution in [0.1, 0.15) is 50.5 Å². The number of amides is 1. The van der Waals surface area contributed by atoms with E-state index in [4.69, 9.17) is 10.5 Å². The molecule has 4 nitrogen and oxygen atoms in total. The van der Waals surface area contributed by atoms with Gasteiger partial charge in [0.1, 0.15) is 5.75 Å². The Labute approximate surface area is 144 Å². The van der Waals surface area contributed by atoms with Crippen LogP contribution in [0, 0.1) is 17.8 Å². The highest BCUT2D eigenvalue weighted by molar-refractivity contribution is 5.77. The molecule has 4 aliphatic carbocycles. The molecule has 0 saturated heterocycles. The number of aryl methyl sites for hydroxylation is 1. The summed E-state index contributed by atoms with van der Waals surface area (Å²) in [6, 6.07) is 5.78. The van der Waals surface area contributed by atoms with Crippen molar-refractivity contribution in [2.24, 2.45) is 17.8 Å². The number of benzene rings is 1. The van der Waals surface area contributed by atoms with Crippen LogP contribution in [0.25, 0.3) is 0 Å². The highest BCUT2D eigenvalue weighted by Crippen LogP contribution is 2.55. The third-order valence-electron chi connectivity index (χ3n) is 6.38. The Kier molecular flexibility index (Phi) is 3.93. The van der Waals surface area contributed by atoms with Gasteiger partial charge in [0.2, 0.25) is 5.91 Å². The van der Waals surface area contributed by atoms with Crippen molar-refractivity contribution in [1.29, 1.82) is 0 Å². The second kappa shape index (κ2) is 5.98. The third kappa shape index (κ3) is 2.99. The SMILES string of the molecule is COc1ccc(CCC(=O)NC23CC4CC(CC(C4)C2)C3)cc1N. The van der Waals surface area contributed by atoms with Gasteiger partial charge in [0.15, 0.2) is 0 Å². The first-order valence-corrected chi connectivity index (χ1v) is 9.29. The van der Waals surface area contributed by atoms with Gasteiger partial charge in [0.25, 0.3) is 0 Å². The normalized spacial score (nSPS) is 33.5. The molecule has 0 radical (unpaired) electrons. The number of methoxy groups -OCH3 is 1. The van der Waals surface area contributed by atoms with Crippen LogP contribution in [0.2, 0.25) is 0 Å². The van der Waals surface area contributed by atoms with E-state index in [1.165, 1.54) is 38.5 Å². The van der Waals surface area contributed by atoms with Crippen LogP contribution in [0.5, 0.6) is 5.75 Å². The van der Waals surface area contributed by atoms with E-state index in [9.17, 15) is 4.79 Å². The van der Waals surface area contributed by atoms with Gasteiger partial charge in [-0.05, 0) is 80.4 Å².